The van der Waals surface area contributed by atoms with Crippen molar-refractivity contribution in [2.45, 2.75) is 63.6 Å². The lowest BCUT2D eigenvalue weighted by Gasteiger charge is -2.17. The van der Waals surface area contributed by atoms with E-state index in [1.54, 1.807) is 13.0 Å². The number of aromatic nitrogens is 2. The second kappa shape index (κ2) is 11.9. The molecule has 0 aliphatic rings. The zero-order valence-electron chi connectivity index (χ0n) is 19.9. The van der Waals surface area contributed by atoms with Gasteiger partial charge in [-0.2, -0.15) is 13.2 Å². The first kappa shape index (κ1) is 27.0. The number of benzene rings is 2. The number of unbranched alkanes of at least 4 members (excludes halogenated alkanes) is 4. The van der Waals surface area contributed by atoms with E-state index in [1.807, 2.05) is 18.2 Å². The number of hydrogen-bond donors (Lipinski definition) is 2. The molecule has 3 N–H and O–H groups in total. The average Bonchev–Trinajstić information content (AvgIpc) is 3.34. The lowest BCUT2D eigenvalue weighted by Crippen LogP contribution is -2.36. The van der Waals surface area contributed by atoms with Crippen molar-refractivity contribution in [1.29, 1.82) is 0 Å². The molecule has 0 fully saturated rings. The van der Waals surface area contributed by atoms with Crippen molar-refractivity contribution in [3.8, 4) is 10.6 Å². The summed E-state index contributed by atoms with van der Waals surface area (Å²) >= 11 is 1.08. The number of nitrogens with zero attached hydrogens (tertiary/aromatic N) is 2. The number of rotatable bonds is 12. The molecule has 0 aliphatic heterocycles. The van der Waals surface area contributed by atoms with Gasteiger partial charge in [0, 0.05) is 5.56 Å². The first-order valence-electron chi connectivity index (χ1n) is 11.8. The van der Waals surface area contributed by atoms with Crippen LogP contribution in [0.15, 0.2) is 55.1 Å². The maximum atomic E-state index is 13.9. The Hall–Kier alpha value is -2.55. The van der Waals surface area contributed by atoms with Crippen LogP contribution in [0.4, 0.5) is 13.2 Å². The Bertz CT molecular complexity index is 1110. The predicted octanol–water partition coefficient (Wildman–Crippen LogP) is 6.99. The Morgan fingerprint density at radius 1 is 1.00 bits per heavy atom. The number of aliphatic hydroxyl groups is 1. The number of alkyl halides is 3. The fraction of sp³-hybridized carbons (Fsp3) is 0.407. The minimum atomic E-state index is -4.52. The smallest absolute Gasteiger partial charge is 0.394 e. The Kier molecular flexibility index (Phi) is 9.21. The number of aliphatic hydroxyl groups excluding tert-OH is 1. The molecular formula is C27H32F3N3OS. The van der Waals surface area contributed by atoms with E-state index < -0.39 is 17.3 Å². The third-order valence-electron chi connectivity index (χ3n) is 5.98. The van der Waals surface area contributed by atoms with Crippen LogP contribution in [0.1, 0.15) is 67.1 Å². The van der Waals surface area contributed by atoms with Gasteiger partial charge in [-0.3, -0.25) is 0 Å². The molecule has 0 unspecified atom stereocenters. The van der Waals surface area contributed by atoms with Gasteiger partial charge in [0.1, 0.15) is 10.0 Å². The van der Waals surface area contributed by atoms with Crippen LogP contribution in [0, 0.1) is 0 Å². The van der Waals surface area contributed by atoms with Gasteiger partial charge in [0.15, 0.2) is 0 Å². The summed E-state index contributed by atoms with van der Waals surface area (Å²) in [7, 11) is 0. The molecule has 1 heterocycles. The molecule has 4 nitrogen and oxygen atoms in total. The van der Waals surface area contributed by atoms with Gasteiger partial charge in [0.05, 0.1) is 17.7 Å². The quantitative estimate of drug-likeness (QED) is 0.261. The van der Waals surface area contributed by atoms with E-state index in [0.29, 0.717) is 27.6 Å². The normalized spacial score (nSPS) is 13.5. The van der Waals surface area contributed by atoms with Crippen molar-refractivity contribution in [3.05, 3.63) is 76.8 Å². The highest BCUT2D eigenvalue weighted by Crippen LogP contribution is 2.39. The van der Waals surface area contributed by atoms with Crippen LogP contribution < -0.4 is 5.73 Å². The highest BCUT2D eigenvalue weighted by atomic mass is 32.1. The third-order valence-corrected chi connectivity index (χ3v) is 7.23. The molecule has 3 aromatic rings. The molecule has 1 aromatic heterocycles. The van der Waals surface area contributed by atoms with Crippen molar-refractivity contribution in [1.82, 2.24) is 10.2 Å². The van der Waals surface area contributed by atoms with Gasteiger partial charge in [-0.05, 0) is 55.4 Å². The number of nitrogens with two attached hydrogens (primary N) is 1. The lowest BCUT2D eigenvalue weighted by atomic mass is 9.94. The molecular weight excluding hydrogens is 471 g/mol. The molecule has 0 spiro atoms. The molecule has 0 aliphatic carbocycles. The maximum absolute atomic E-state index is 13.9. The van der Waals surface area contributed by atoms with E-state index in [-0.39, 0.29) is 12.2 Å². The summed E-state index contributed by atoms with van der Waals surface area (Å²) in [6.45, 7) is 5.20. The Morgan fingerprint density at radius 2 is 1.69 bits per heavy atom. The van der Waals surface area contributed by atoms with Crippen LogP contribution in [-0.2, 0) is 18.1 Å². The van der Waals surface area contributed by atoms with E-state index in [0.717, 1.165) is 55.9 Å². The summed E-state index contributed by atoms with van der Waals surface area (Å²) in [6, 6.07) is 14.5. The lowest BCUT2D eigenvalue weighted by molar-refractivity contribution is -0.137. The molecule has 3 rings (SSSR count). The number of halogens is 3. The van der Waals surface area contributed by atoms with Gasteiger partial charge in [-0.1, -0.05) is 79.6 Å². The molecule has 35 heavy (non-hydrogen) atoms. The number of aryl methyl sites for hydroxylation is 1. The van der Waals surface area contributed by atoms with Crippen molar-refractivity contribution in [2.24, 2.45) is 5.73 Å². The second-order valence-electron chi connectivity index (χ2n) is 9.10. The zero-order chi connectivity index (χ0) is 25.5. The summed E-state index contributed by atoms with van der Waals surface area (Å²) in [6.07, 6.45) is 2.08. The SMILES string of the molecule is C=C(CCCCCCCc1ccccc1)c1ccc(-c2nnc([C@@](C)(N)CO)s2)cc1C(F)(F)F. The van der Waals surface area contributed by atoms with Crippen LogP contribution in [0.3, 0.4) is 0 Å². The van der Waals surface area contributed by atoms with Gasteiger partial charge in [0.25, 0.3) is 0 Å². The molecule has 0 radical (unpaired) electrons. The molecule has 0 saturated carbocycles. The fourth-order valence-corrected chi connectivity index (χ4v) is 4.72. The largest absolute Gasteiger partial charge is 0.417 e. The van der Waals surface area contributed by atoms with Crippen molar-refractivity contribution < 1.29 is 18.3 Å². The first-order valence-corrected chi connectivity index (χ1v) is 12.6. The molecule has 188 valence electrons. The van der Waals surface area contributed by atoms with Gasteiger partial charge in [0.2, 0.25) is 0 Å². The van der Waals surface area contributed by atoms with Crippen LogP contribution in [0.5, 0.6) is 0 Å². The van der Waals surface area contributed by atoms with Crippen molar-refractivity contribution in [2.75, 3.05) is 6.61 Å². The van der Waals surface area contributed by atoms with Crippen molar-refractivity contribution in [3.63, 3.8) is 0 Å². The predicted molar refractivity (Wildman–Crippen MR) is 136 cm³/mol. The van der Waals surface area contributed by atoms with E-state index >= 15 is 0 Å². The summed E-state index contributed by atoms with van der Waals surface area (Å²) in [5, 5.41) is 18.0. The van der Waals surface area contributed by atoms with Gasteiger partial charge in [-0.15, -0.1) is 10.2 Å². The summed E-state index contributed by atoms with van der Waals surface area (Å²) in [4.78, 5) is 0. The summed E-state index contributed by atoms with van der Waals surface area (Å²) < 4.78 is 41.7. The highest BCUT2D eigenvalue weighted by molar-refractivity contribution is 7.14. The summed E-state index contributed by atoms with van der Waals surface area (Å²) in [5.74, 6) is 0. The molecule has 0 bridgehead atoms. The standard InChI is InChI=1S/C27H32F3N3OS/c1-19(11-7-4-3-5-8-12-20-13-9-6-10-14-20)22-16-15-21(17-23(22)27(28,29)30)24-32-33-25(35-24)26(2,31)18-34/h6,9-10,13-17,34H,1,3-5,7-8,11-12,18,31H2,2H3/t26-/m0/s1. The Labute approximate surface area is 208 Å². The Morgan fingerprint density at radius 3 is 2.37 bits per heavy atom. The molecule has 0 amide bonds. The Balaban J connectivity index is 1.58. The second-order valence-corrected chi connectivity index (χ2v) is 10.1. The highest BCUT2D eigenvalue weighted by Gasteiger charge is 2.34. The van der Waals surface area contributed by atoms with Gasteiger partial charge >= 0.3 is 6.18 Å². The molecule has 8 heteroatoms. The minimum absolute atomic E-state index is 0.120. The van der Waals surface area contributed by atoms with E-state index in [4.69, 9.17) is 5.73 Å². The maximum Gasteiger partial charge on any atom is 0.417 e. The van der Waals surface area contributed by atoms with E-state index in [9.17, 15) is 18.3 Å². The van der Waals surface area contributed by atoms with E-state index in [1.165, 1.54) is 11.6 Å². The topological polar surface area (TPSA) is 72.0 Å². The fourth-order valence-electron chi connectivity index (χ4n) is 3.84. The minimum Gasteiger partial charge on any atom is -0.394 e. The number of allylic oxidation sites excluding steroid dienone is 1. The molecule has 2 aromatic carbocycles. The molecule has 1 atom stereocenters. The zero-order valence-corrected chi connectivity index (χ0v) is 20.8. The van der Waals surface area contributed by atoms with Gasteiger partial charge in [-0.25, -0.2) is 0 Å². The van der Waals surface area contributed by atoms with Crippen LogP contribution >= 0.6 is 11.3 Å². The van der Waals surface area contributed by atoms with Crippen LogP contribution in [-0.4, -0.2) is 21.9 Å². The molecule has 0 saturated heterocycles. The third kappa shape index (κ3) is 7.46. The monoisotopic (exact) mass is 503 g/mol. The number of hydrogen-bond acceptors (Lipinski definition) is 5. The van der Waals surface area contributed by atoms with Crippen molar-refractivity contribution >= 4 is 16.9 Å². The van der Waals surface area contributed by atoms with Gasteiger partial charge < -0.3 is 10.8 Å². The summed E-state index contributed by atoms with van der Waals surface area (Å²) in [5.41, 5.74) is 6.40. The van der Waals surface area contributed by atoms with E-state index in [2.05, 4.69) is 28.9 Å². The van der Waals surface area contributed by atoms with Crippen LogP contribution in [0.2, 0.25) is 0 Å². The average molecular weight is 504 g/mol. The first-order chi connectivity index (χ1) is 16.6. The van der Waals surface area contributed by atoms with Crippen LogP contribution in [0.25, 0.3) is 16.1 Å².